The number of aromatic hydroxyl groups is 3. The van der Waals surface area contributed by atoms with Crippen molar-refractivity contribution in [2.75, 3.05) is 27.4 Å². The molecule has 50 heavy (non-hydrogen) atoms. The summed E-state index contributed by atoms with van der Waals surface area (Å²) in [6.45, 7) is -1.47. The smallest absolute Gasteiger partial charge is 0.333 e. The third-order valence-electron chi connectivity index (χ3n) is 7.73. The van der Waals surface area contributed by atoms with Gasteiger partial charge in [-0.2, -0.15) is 0 Å². The second-order valence-electron chi connectivity index (χ2n) is 11.1. The highest BCUT2D eigenvalue weighted by molar-refractivity contribution is 5.88. The van der Waals surface area contributed by atoms with Gasteiger partial charge in [-0.3, -0.25) is 0 Å². The number of phenolic OH excluding ortho intramolecular Hbond substituents is 3. The first-order valence-electron chi connectivity index (χ1n) is 15.0. The standard InChI is InChI=1S/C32H38O18/c1-44-18-10-14(3-6-16(18)34)4-7-22(36)49-30-28(42)25(39)20(12-33)47-32(30)46-13-21-26(40)27(41)29(43)31(48-21)50-23(37)8-5-15-9-17(35)24(38)19(11-15)45-2/h3-11,20-21,25-35,38-43H,12-13H2,1-2H3. The van der Waals surface area contributed by atoms with E-state index in [0.717, 1.165) is 18.2 Å². The van der Waals surface area contributed by atoms with Crippen LogP contribution in [0.25, 0.3) is 12.2 Å². The summed E-state index contributed by atoms with van der Waals surface area (Å²) < 4.78 is 36.9. The van der Waals surface area contributed by atoms with Crippen LogP contribution < -0.4 is 9.47 Å². The van der Waals surface area contributed by atoms with Gasteiger partial charge in [0.25, 0.3) is 0 Å². The van der Waals surface area contributed by atoms with Gasteiger partial charge in [-0.05, 0) is 47.5 Å². The molecule has 0 spiro atoms. The monoisotopic (exact) mass is 710 g/mol. The predicted octanol–water partition coefficient (Wildman–Crippen LogP) is -1.73. The van der Waals surface area contributed by atoms with E-state index in [2.05, 4.69) is 0 Å². The lowest BCUT2D eigenvalue weighted by atomic mass is 9.98. The summed E-state index contributed by atoms with van der Waals surface area (Å²) >= 11 is 0. The Balaban J connectivity index is 1.43. The third kappa shape index (κ3) is 8.99. The second-order valence-corrected chi connectivity index (χ2v) is 11.1. The van der Waals surface area contributed by atoms with E-state index in [1.807, 2.05) is 0 Å². The molecule has 0 radical (unpaired) electrons. The third-order valence-corrected chi connectivity index (χ3v) is 7.73. The van der Waals surface area contributed by atoms with E-state index < -0.39 is 98.1 Å². The highest BCUT2D eigenvalue weighted by Crippen LogP contribution is 2.36. The highest BCUT2D eigenvalue weighted by Gasteiger charge is 2.49. The molecule has 2 aliphatic heterocycles. The number of carbonyl (C=O) groups excluding carboxylic acids is 2. The molecule has 4 rings (SSSR count). The Morgan fingerprint density at radius 1 is 0.700 bits per heavy atom. The number of methoxy groups -OCH3 is 2. The van der Waals surface area contributed by atoms with Gasteiger partial charge in [-0.25, -0.2) is 9.59 Å². The van der Waals surface area contributed by atoms with E-state index in [1.54, 1.807) is 0 Å². The largest absolute Gasteiger partial charge is 0.504 e. The molecular weight excluding hydrogens is 672 g/mol. The first kappa shape index (κ1) is 38.3. The number of carbonyl (C=O) groups is 2. The summed E-state index contributed by atoms with van der Waals surface area (Å²) in [5, 5.41) is 91.5. The Bertz CT molecular complexity index is 1540. The van der Waals surface area contributed by atoms with Crippen LogP contribution in [0.2, 0.25) is 0 Å². The number of ether oxygens (including phenoxy) is 7. The molecule has 10 unspecified atom stereocenters. The quantitative estimate of drug-likeness (QED) is 0.0672. The van der Waals surface area contributed by atoms with Gasteiger partial charge in [0.15, 0.2) is 35.4 Å². The summed E-state index contributed by atoms with van der Waals surface area (Å²) in [6, 6.07) is 6.66. The number of phenols is 3. The van der Waals surface area contributed by atoms with Crippen LogP contribution in [-0.2, 0) is 33.3 Å². The molecule has 18 nitrogen and oxygen atoms in total. The van der Waals surface area contributed by atoms with Gasteiger partial charge >= 0.3 is 11.9 Å². The van der Waals surface area contributed by atoms with Gasteiger partial charge in [0, 0.05) is 12.2 Å². The molecule has 0 amide bonds. The van der Waals surface area contributed by atoms with Crippen LogP contribution in [0.3, 0.4) is 0 Å². The lowest BCUT2D eigenvalue weighted by Gasteiger charge is -2.43. The molecule has 9 N–H and O–H groups in total. The van der Waals surface area contributed by atoms with Crippen molar-refractivity contribution in [1.29, 1.82) is 0 Å². The van der Waals surface area contributed by atoms with Crippen molar-refractivity contribution < 1.29 is 88.7 Å². The first-order valence-corrected chi connectivity index (χ1v) is 15.0. The van der Waals surface area contributed by atoms with Crippen LogP contribution in [0.1, 0.15) is 11.1 Å². The van der Waals surface area contributed by atoms with Crippen molar-refractivity contribution in [2.24, 2.45) is 0 Å². The molecule has 2 fully saturated rings. The minimum Gasteiger partial charge on any atom is -0.504 e. The van der Waals surface area contributed by atoms with Gasteiger partial charge in [-0.1, -0.05) is 6.07 Å². The Morgan fingerprint density at radius 2 is 1.30 bits per heavy atom. The normalized spacial score (nSPS) is 29.9. The Hall–Kier alpha value is -4.50. The first-order chi connectivity index (χ1) is 23.8. The van der Waals surface area contributed by atoms with Gasteiger partial charge in [0.2, 0.25) is 12.0 Å². The van der Waals surface area contributed by atoms with E-state index in [-0.39, 0.29) is 22.8 Å². The minimum atomic E-state index is -1.92. The van der Waals surface area contributed by atoms with Crippen LogP contribution in [0.15, 0.2) is 42.5 Å². The maximum absolute atomic E-state index is 12.7. The lowest BCUT2D eigenvalue weighted by molar-refractivity contribution is -0.327. The fourth-order valence-corrected chi connectivity index (χ4v) is 4.98. The van der Waals surface area contributed by atoms with Gasteiger partial charge < -0.3 is 79.1 Å². The fourth-order valence-electron chi connectivity index (χ4n) is 4.98. The van der Waals surface area contributed by atoms with E-state index in [4.69, 9.17) is 33.2 Å². The molecular formula is C32H38O18. The van der Waals surface area contributed by atoms with Crippen LogP contribution >= 0.6 is 0 Å². The zero-order chi connectivity index (χ0) is 36.7. The Labute approximate surface area is 284 Å². The number of hydrogen-bond acceptors (Lipinski definition) is 18. The molecule has 2 aromatic carbocycles. The second kappa shape index (κ2) is 16.9. The molecule has 2 aromatic rings. The number of rotatable bonds is 12. The summed E-state index contributed by atoms with van der Waals surface area (Å²) in [4.78, 5) is 25.2. The molecule has 18 heteroatoms. The number of esters is 2. The van der Waals surface area contributed by atoms with Gasteiger partial charge in [0.1, 0.15) is 42.7 Å². The number of hydrogen-bond donors (Lipinski definition) is 9. The highest BCUT2D eigenvalue weighted by atomic mass is 16.7. The Morgan fingerprint density at radius 3 is 1.96 bits per heavy atom. The summed E-state index contributed by atoms with van der Waals surface area (Å²) in [7, 11) is 2.59. The summed E-state index contributed by atoms with van der Waals surface area (Å²) in [5.41, 5.74) is 0.647. The molecule has 10 atom stereocenters. The zero-order valence-corrected chi connectivity index (χ0v) is 26.6. The van der Waals surface area contributed by atoms with Crippen molar-refractivity contribution in [1.82, 2.24) is 0 Å². The van der Waals surface area contributed by atoms with E-state index in [0.29, 0.717) is 5.56 Å². The van der Waals surface area contributed by atoms with Crippen LogP contribution in [0.4, 0.5) is 0 Å². The Kier molecular flexibility index (Phi) is 13.0. The molecule has 0 saturated carbocycles. The number of benzene rings is 2. The van der Waals surface area contributed by atoms with E-state index in [1.165, 1.54) is 50.6 Å². The van der Waals surface area contributed by atoms with Gasteiger partial charge in [-0.15, -0.1) is 0 Å². The maximum atomic E-state index is 12.7. The van der Waals surface area contributed by atoms with E-state index in [9.17, 15) is 55.5 Å². The topological polar surface area (TPSA) is 281 Å². The lowest BCUT2D eigenvalue weighted by Crippen LogP contribution is -2.62. The summed E-state index contributed by atoms with van der Waals surface area (Å²) in [6.07, 6.45) is -13.0. The molecule has 0 aliphatic carbocycles. The average molecular weight is 711 g/mol. The van der Waals surface area contributed by atoms with Crippen molar-refractivity contribution in [3.8, 4) is 28.7 Å². The van der Waals surface area contributed by atoms with Crippen molar-refractivity contribution in [3.63, 3.8) is 0 Å². The van der Waals surface area contributed by atoms with E-state index >= 15 is 0 Å². The van der Waals surface area contributed by atoms with Crippen LogP contribution in [-0.4, -0.2) is 147 Å². The average Bonchev–Trinajstić information content (AvgIpc) is 3.10. The molecule has 274 valence electrons. The summed E-state index contributed by atoms with van der Waals surface area (Å²) in [5.74, 6) is -3.24. The SMILES string of the molecule is COc1cc(C=CC(=O)OC2C(OCC3OC(OC(=O)C=Cc4cc(O)c(O)c(OC)c4)C(O)C(O)C3O)OC(CO)C(O)C2O)ccc1O. The molecule has 0 bridgehead atoms. The fraction of sp³-hybridized carbons (Fsp3) is 0.438. The van der Waals surface area contributed by atoms with Crippen LogP contribution in [0, 0.1) is 0 Å². The molecule has 2 saturated heterocycles. The zero-order valence-electron chi connectivity index (χ0n) is 26.6. The number of aliphatic hydroxyl groups excluding tert-OH is 6. The molecule has 2 heterocycles. The van der Waals surface area contributed by atoms with Crippen LogP contribution in [0.5, 0.6) is 28.7 Å². The number of aliphatic hydroxyl groups is 6. The molecule has 0 aromatic heterocycles. The van der Waals surface area contributed by atoms with Crippen molar-refractivity contribution in [3.05, 3.63) is 53.6 Å². The maximum Gasteiger partial charge on any atom is 0.333 e. The minimum absolute atomic E-state index is 0.0816. The van der Waals surface area contributed by atoms with Crippen molar-refractivity contribution in [2.45, 2.75) is 61.4 Å². The molecule has 2 aliphatic rings. The van der Waals surface area contributed by atoms with Crippen molar-refractivity contribution >= 4 is 24.1 Å². The van der Waals surface area contributed by atoms with Gasteiger partial charge in [0.05, 0.1) is 27.4 Å². The predicted molar refractivity (Wildman–Crippen MR) is 165 cm³/mol.